The fourth-order valence-electron chi connectivity index (χ4n) is 2.58. The smallest absolute Gasteiger partial charge is 0.123 e. The van der Waals surface area contributed by atoms with Gasteiger partial charge in [-0.1, -0.05) is 22.9 Å². The van der Waals surface area contributed by atoms with E-state index in [0.717, 1.165) is 33.8 Å². The van der Waals surface area contributed by atoms with Gasteiger partial charge in [0.15, 0.2) is 0 Å². The van der Waals surface area contributed by atoms with Crippen LogP contribution in [-0.2, 0) is 0 Å². The number of thiophene rings is 1. The molecule has 0 aliphatic heterocycles. The standard InChI is InChI=1S/C17H19BrFNS/c1-2-9-20-17(11-3-4-11)16-8-7-15(21-16)13-10-12(19)5-6-14(13)18/h5-8,10-11,17,20H,2-4,9H2,1H3. The third-order valence-electron chi connectivity index (χ3n) is 3.83. The van der Waals surface area contributed by atoms with Gasteiger partial charge in [-0.3, -0.25) is 0 Å². The molecule has 1 aliphatic carbocycles. The molecule has 1 nitrogen and oxygen atoms in total. The molecule has 1 fully saturated rings. The lowest BCUT2D eigenvalue weighted by atomic mass is 10.1. The van der Waals surface area contributed by atoms with Crippen molar-refractivity contribution in [3.05, 3.63) is 45.5 Å². The van der Waals surface area contributed by atoms with Crippen molar-refractivity contribution in [1.82, 2.24) is 5.32 Å². The van der Waals surface area contributed by atoms with Crippen LogP contribution in [0, 0.1) is 11.7 Å². The quantitative estimate of drug-likeness (QED) is 0.683. The molecule has 1 atom stereocenters. The number of halogens is 2. The summed E-state index contributed by atoms with van der Waals surface area (Å²) in [5.41, 5.74) is 0.941. The molecule has 3 rings (SSSR count). The topological polar surface area (TPSA) is 12.0 Å². The second-order valence-corrected chi connectivity index (χ2v) is 7.57. The van der Waals surface area contributed by atoms with Crippen molar-refractivity contribution >= 4 is 27.3 Å². The third-order valence-corrected chi connectivity index (χ3v) is 5.73. The molecule has 112 valence electrons. The van der Waals surface area contributed by atoms with Crippen molar-refractivity contribution in [2.24, 2.45) is 5.92 Å². The highest BCUT2D eigenvalue weighted by Crippen LogP contribution is 2.45. The van der Waals surface area contributed by atoms with Gasteiger partial charge < -0.3 is 5.32 Å². The fourth-order valence-corrected chi connectivity index (χ4v) is 4.38. The molecule has 1 aromatic carbocycles. The first kappa shape index (κ1) is 15.2. The van der Waals surface area contributed by atoms with E-state index < -0.39 is 0 Å². The molecule has 1 heterocycles. The summed E-state index contributed by atoms with van der Waals surface area (Å²) in [7, 11) is 0. The molecule has 4 heteroatoms. The van der Waals surface area contributed by atoms with E-state index >= 15 is 0 Å². The SMILES string of the molecule is CCCNC(c1ccc(-c2cc(F)ccc2Br)s1)C1CC1. The molecule has 0 amide bonds. The minimum Gasteiger partial charge on any atom is -0.309 e. The van der Waals surface area contributed by atoms with Crippen LogP contribution >= 0.6 is 27.3 Å². The Morgan fingerprint density at radius 1 is 1.33 bits per heavy atom. The van der Waals surface area contributed by atoms with Gasteiger partial charge in [0.1, 0.15) is 5.82 Å². The van der Waals surface area contributed by atoms with Crippen LogP contribution < -0.4 is 5.32 Å². The number of hydrogen-bond acceptors (Lipinski definition) is 2. The number of hydrogen-bond donors (Lipinski definition) is 1. The van der Waals surface area contributed by atoms with Crippen LogP contribution in [0.1, 0.15) is 37.1 Å². The molecule has 0 spiro atoms. The predicted octanol–water partition coefficient (Wildman–Crippen LogP) is 5.77. The minimum atomic E-state index is -0.189. The third kappa shape index (κ3) is 3.55. The molecule has 1 saturated carbocycles. The molecular weight excluding hydrogens is 349 g/mol. The highest BCUT2D eigenvalue weighted by atomic mass is 79.9. The van der Waals surface area contributed by atoms with Gasteiger partial charge in [0.25, 0.3) is 0 Å². The maximum Gasteiger partial charge on any atom is 0.123 e. The Kier molecular flexibility index (Phi) is 4.77. The largest absolute Gasteiger partial charge is 0.309 e. The van der Waals surface area contributed by atoms with Gasteiger partial charge in [0.2, 0.25) is 0 Å². The molecule has 0 bridgehead atoms. The lowest BCUT2D eigenvalue weighted by Gasteiger charge is -2.16. The maximum atomic E-state index is 13.5. The molecule has 0 saturated heterocycles. The van der Waals surface area contributed by atoms with Crippen molar-refractivity contribution < 1.29 is 4.39 Å². The average molecular weight is 368 g/mol. The first-order valence-corrected chi connectivity index (χ1v) is 9.08. The maximum absolute atomic E-state index is 13.5. The summed E-state index contributed by atoms with van der Waals surface area (Å²) in [4.78, 5) is 2.50. The average Bonchev–Trinajstić information content (AvgIpc) is 3.19. The van der Waals surface area contributed by atoms with Crippen LogP contribution in [0.25, 0.3) is 10.4 Å². The molecule has 1 N–H and O–H groups in total. The molecule has 1 aliphatic rings. The lowest BCUT2D eigenvalue weighted by molar-refractivity contribution is 0.488. The van der Waals surface area contributed by atoms with Crippen molar-refractivity contribution in [2.75, 3.05) is 6.54 Å². The zero-order valence-electron chi connectivity index (χ0n) is 12.0. The van der Waals surface area contributed by atoms with Crippen LogP contribution in [0.2, 0.25) is 0 Å². The van der Waals surface area contributed by atoms with Gasteiger partial charge in [-0.25, -0.2) is 4.39 Å². The van der Waals surface area contributed by atoms with Crippen LogP contribution in [0.3, 0.4) is 0 Å². The molecule has 0 radical (unpaired) electrons. The fraction of sp³-hybridized carbons (Fsp3) is 0.412. The monoisotopic (exact) mass is 367 g/mol. The van der Waals surface area contributed by atoms with Crippen LogP contribution in [0.4, 0.5) is 4.39 Å². The van der Waals surface area contributed by atoms with Gasteiger partial charge in [-0.15, -0.1) is 11.3 Å². The van der Waals surface area contributed by atoms with E-state index in [1.54, 1.807) is 23.5 Å². The van der Waals surface area contributed by atoms with Crippen LogP contribution in [0.5, 0.6) is 0 Å². The predicted molar refractivity (Wildman–Crippen MR) is 91.2 cm³/mol. The molecule has 21 heavy (non-hydrogen) atoms. The Bertz CT molecular complexity index is 621. The van der Waals surface area contributed by atoms with E-state index in [4.69, 9.17) is 0 Å². The first-order valence-electron chi connectivity index (χ1n) is 7.47. The van der Waals surface area contributed by atoms with Crippen molar-refractivity contribution in [2.45, 2.75) is 32.2 Å². The van der Waals surface area contributed by atoms with Gasteiger partial charge in [-0.05, 0) is 62.1 Å². The summed E-state index contributed by atoms with van der Waals surface area (Å²) < 4.78 is 14.4. The Morgan fingerprint density at radius 2 is 2.14 bits per heavy atom. The van der Waals surface area contributed by atoms with E-state index in [9.17, 15) is 4.39 Å². The minimum absolute atomic E-state index is 0.189. The molecule has 1 unspecified atom stereocenters. The van der Waals surface area contributed by atoms with Crippen molar-refractivity contribution in [3.63, 3.8) is 0 Å². The zero-order chi connectivity index (χ0) is 14.8. The van der Waals surface area contributed by atoms with Crippen molar-refractivity contribution in [1.29, 1.82) is 0 Å². The normalized spacial score (nSPS) is 16.1. The molecular formula is C17H19BrFNS. The summed E-state index contributed by atoms with van der Waals surface area (Å²) in [5.74, 6) is 0.588. The van der Waals surface area contributed by atoms with Gasteiger partial charge >= 0.3 is 0 Å². The van der Waals surface area contributed by atoms with E-state index in [2.05, 4.69) is 40.3 Å². The molecule has 1 aromatic heterocycles. The van der Waals surface area contributed by atoms with E-state index in [0.29, 0.717) is 6.04 Å². The highest BCUT2D eigenvalue weighted by Gasteiger charge is 2.32. The summed E-state index contributed by atoms with van der Waals surface area (Å²) in [6.07, 6.45) is 3.79. The number of nitrogens with one attached hydrogen (secondary N) is 1. The Balaban J connectivity index is 1.86. The summed E-state index contributed by atoms with van der Waals surface area (Å²) in [6, 6.07) is 9.64. The van der Waals surface area contributed by atoms with E-state index in [-0.39, 0.29) is 5.82 Å². The zero-order valence-corrected chi connectivity index (χ0v) is 14.4. The van der Waals surface area contributed by atoms with Gasteiger partial charge in [0, 0.05) is 25.8 Å². The number of rotatable bonds is 6. The van der Waals surface area contributed by atoms with Crippen LogP contribution in [-0.4, -0.2) is 6.54 Å². The Hall–Kier alpha value is -0.710. The highest BCUT2D eigenvalue weighted by molar-refractivity contribution is 9.10. The summed E-state index contributed by atoms with van der Waals surface area (Å²) in [6.45, 7) is 3.25. The summed E-state index contributed by atoms with van der Waals surface area (Å²) >= 11 is 5.30. The Labute approximate surface area is 137 Å². The second-order valence-electron chi connectivity index (χ2n) is 5.60. The van der Waals surface area contributed by atoms with Gasteiger partial charge in [0.05, 0.1) is 0 Å². The van der Waals surface area contributed by atoms with Crippen LogP contribution in [0.15, 0.2) is 34.8 Å². The van der Waals surface area contributed by atoms with Crippen molar-refractivity contribution in [3.8, 4) is 10.4 Å². The van der Waals surface area contributed by atoms with E-state index in [1.807, 2.05) is 0 Å². The Morgan fingerprint density at radius 3 is 2.86 bits per heavy atom. The molecule has 2 aromatic rings. The first-order chi connectivity index (χ1) is 10.2. The lowest BCUT2D eigenvalue weighted by Crippen LogP contribution is -2.22. The second kappa shape index (κ2) is 6.59. The van der Waals surface area contributed by atoms with Gasteiger partial charge in [-0.2, -0.15) is 0 Å². The summed E-state index contributed by atoms with van der Waals surface area (Å²) in [5, 5.41) is 3.66. The number of benzene rings is 1. The van der Waals surface area contributed by atoms with E-state index in [1.165, 1.54) is 23.8 Å².